The number of aliphatic hydroxyl groups excluding tert-OH is 1. The average molecular weight is 383 g/mol. The molecule has 1 fully saturated rings. The van der Waals surface area contributed by atoms with Gasteiger partial charge in [-0.25, -0.2) is 4.39 Å². The zero-order valence-electron chi connectivity index (χ0n) is 15.8. The number of hydrogen-bond donors (Lipinski definition) is 1. The Morgan fingerprint density at radius 3 is 2.39 bits per heavy atom. The van der Waals surface area contributed by atoms with E-state index in [1.807, 2.05) is 13.8 Å². The SMILES string of the molecule is CCCN1C(=O)C(=O)/C(=C(\O)c2ccc(OCC)cc2)C1c1ccccc1F. The number of halogens is 1. The summed E-state index contributed by atoms with van der Waals surface area (Å²) >= 11 is 0. The van der Waals surface area contributed by atoms with Crippen LogP contribution in [-0.4, -0.2) is 34.8 Å². The topological polar surface area (TPSA) is 66.8 Å². The predicted molar refractivity (Wildman–Crippen MR) is 103 cm³/mol. The smallest absolute Gasteiger partial charge is 0.295 e. The van der Waals surface area contributed by atoms with Gasteiger partial charge in [0.25, 0.3) is 11.7 Å². The molecular weight excluding hydrogens is 361 g/mol. The summed E-state index contributed by atoms with van der Waals surface area (Å²) in [4.78, 5) is 26.6. The van der Waals surface area contributed by atoms with E-state index >= 15 is 0 Å². The van der Waals surface area contributed by atoms with Crippen LogP contribution in [0.2, 0.25) is 0 Å². The second-order valence-corrected chi connectivity index (χ2v) is 6.47. The van der Waals surface area contributed by atoms with Crippen molar-refractivity contribution in [3.05, 3.63) is 71.0 Å². The monoisotopic (exact) mass is 383 g/mol. The number of benzene rings is 2. The highest BCUT2D eigenvalue weighted by atomic mass is 19.1. The van der Waals surface area contributed by atoms with E-state index in [1.54, 1.807) is 30.3 Å². The molecule has 146 valence electrons. The fourth-order valence-electron chi connectivity index (χ4n) is 3.40. The van der Waals surface area contributed by atoms with Crippen molar-refractivity contribution in [2.75, 3.05) is 13.2 Å². The molecule has 1 unspecified atom stereocenters. The van der Waals surface area contributed by atoms with Crippen molar-refractivity contribution < 1.29 is 23.8 Å². The summed E-state index contributed by atoms with van der Waals surface area (Å²) in [6.07, 6.45) is 0.598. The molecule has 2 aromatic carbocycles. The lowest BCUT2D eigenvalue weighted by Gasteiger charge is -2.25. The van der Waals surface area contributed by atoms with Gasteiger partial charge in [0.2, 0.25) is 0 Å². The minimum atomic E-state index is -0.965. The van der Waals surface area contributed by atoms with Crippen molar-refractivity contribution in [1.29, 1.82) is 0 Å². The first-order valence-electron chi connectivity index (χ1n) is 9.25. The first kappa shape index (κ1) is 19.6. The number of nitrogens with zero attached hydrogens (tertiary/aromatic N) is 1. The molecule has 0 bridgehead atoms. The van der Waals surface area contributed by atoms with Crippen LogP contribution in [0.3, 0.4) is 0 Å². The Morgan fingerprint density at radius 1 is 1.11 bits per heavy atom. The summed E-state index contributed by atoms with van der Waals surface area (Å²) in [6.45, 7) is 4.51. The lowest BCUT2D eigenvalue weighted by Crippen LogP contribution is -2.30. The molecule has 1 N–H and O–H groups in total. The van der Waals surface area contributed by atoms with E-state index in [9.17, 15) is 19.1 Å². The molecule has 28 heavy (non-hydrogen) atoms. The van der Waals surface area contributed by atoms with E-state index in [1.165, 1.54) is 23.1 Å². The maximum Gasteiger partial charge on any atom is 0.295 e. The van der Waals surface area contributed by atoms with Crippen molar-refractivity contribution >= 4 is 17.4 Å². The zero-order valence-corrected chi connectivity index (χ0v) is 15.8. The zero-order chi connectivity index (χ0) is 20.3. The molecule has 1 amide bonds. The van der Waals surface area contributed by atoms with Crippen molar-refractivity contribution in [2.45, 2.75) is 26.3 Å². The third kappa shape index (κ3) is 3.50. The van der Waals surface area contributed by atoms with E-state index in [2.05, 4.69) is 0 Å². The van der Waals surface area contributed by atoms with Gasteiger partial charge >= 0.3 is 0 Å². The molecular formula is C22H22FNO4. The van der Waals surface area contributed by atoms with Gasteiger partial charge in [-0.3, -0.25) is 9.59 Å². The van der Waals surface area contributed by atoms with Gasteiger partial charge in [-0.2, -0.15) is 0 Å². The maximum atomic E-state index is 14.5. The summed E-state index contributed by atoms with van der Waals surface area (Å²) in [7, 11) is 0. The normalized spacial score (nSPS) is 18.5. The van der Waals surface area contributed by atoms with Crippen molar-refractivity contribution in [1.82, 2.24) is 4.90 Å². The van der Waals surface area contributed by atoms with Gasteiger partial charge in [0.1, 0.15) is 17.3 Å². The van der Waals surface area contributed by atoms with Crippen LogP contribution >= 0.6 is 0 Å². The molecule has 3 rings (SSSR count). The van der Waals surface area contributed by atoms with Gasteiger partial charge < -0.3 is 14.7 Å². The van der Waals surface area contributed by atoms with Crippen molar-refractivity contribution in [2.24, 2.45) is 0 Å². The number of Topliss-reactive ketones (excluding diaryl/α,β-unsaturated/α-hetero) is 1. The highest BCUT2D eigenvalue weighted by molar-refractivity contribution is 6.46. The van der Waals surface area contributed by atoms with Gasteiger partial charge in [0, 0.05) is 17.7 Å². The number of hydrogen-bond acceptors (Lipinski definition) is 4. The first-order valence-corrected chi connectivity index (χ1v) is 9.25. The molecule has 1 heterocycles. The minimum absolute atomic E-state index is 0.104. The minimum Gasteiger partial charge on any atom is -0.507 e. The number of aliphatic hydroxyl groups is 1. The lowest BCUT2D eigenvalue weighted by atomic mass is 9.95. The predicted octanol–water partition coefficient (Wildman–Crippen LogP) is 4.06. The van der Waals surface area contributed by atoms with Crippen LogP contribution in [0.15, 0.2) is 54.1 Å². The standard InChI is InChI=1S/C22H22FNO4/c1-3-13-24-19(16-7-5-6-8-17(16)23)18(21(26)22(24)27)20(25)14-9-11-15(12-10-14)28-4-2/h5-12,19,25H,3-4,13H2,1-2H3/b20-18-. The van der Waals surface area contributed by atoms with E-state index in [-0.39, 0.29) is 23.4 Å². The highest BCUT2D eigenvalue weighted by Gasteiger charge is 2.46. The second-order valence-electron chi connectivity index (χ2n) is 6.47. The van der Waals surface area contributed by atoms with Crippen LogP contribution in [0.5, 0.6) is 5.75 Å². The molecule has 2 aromatic rings. The lowest BCUT2D eigenvalue weighted by molar-refractivity contribution is -0.139. The van der Waals surface area contributed by atoms with Crippen LogP contribution in [0.4, 0.5) is 4.39 Å². The van der Waals surface area contributed by atoms with Crippen LogP contribution in [-0.2, 0) is 9.59 Å². The fourth-order valence-corrected chi connectivity index (χ4v) is 3.40. The number of ketones is 1. The molecule has 0 aliphatic carbocycles. The van der Waals surface area contributed by atoms with Gasteiger partial charge in [0.15, 0.2) is 0 Å². The summed E-state index contributed by atoms with van der Waals surface area (Å²) in [6, 6.07) is 11.6. The Morgan fingerprint density at radius 2 is 1.79 bits per heavy atom. The molecule has 1 saturated heterocycles. The number of carbonyl (C=O) groups is 2. The molecule has 1 aliphatic heterocycles. The molecule has 1 atom stereocenters. The maximum absolute atomic E-state index is 14.5. The molecule has 0 spiro atoms. The number of ether oxygens (including phenoxy) is 1. The molecule has 1 aliphatic rings. The Hall–Kier alpha value is -3.15. The third-order valence-electron chi connectivity index (χ3n) is 4.64. The summed E-state index contributed by atoms with van der Waals surface area (Å²) in [5.74, 6) is -1.78. The molecule has 5 nitrogen and oxygen atoms in total. The number of amides is 1. The summed E-state index contributed by atoms with van der Waals surface area (Å²) in [5.41, 5.74) is 0.439. The van der Waals surface area contributed by atoms with Crippen LogP contribution < -0.4 is 4.74 Å². The summed E-state index contributed by atoms with van der Waals surface area (Å²) in [5, 5.41) is 10.9. The van der Waals surface area contributed by atoms with Gasteiger partial charge in [-0.05, 0) is 43.7 Å². The molecule has 6 heteroatoms. The third-order valence-corrected chi connectivity index (χ3v) is 4.64. The molecule has 0 saturated carbocycles. The van der Waals surface area contributed by atoms with Crippen molar-refractivity contribution in [3.8, 4) is 5.75 Å². The molecule has 0 aromatic heterocycles. The van der Waals surface area contributed by atoms with E-state index < -0.39 is 23.5 Å². The van der Waals surface area contributed by atoms with Crippen molar-refractivity contribution in [3.63, 3.8) is 0 Å². The summed E-state index contributed by atoms with van der Waals surface area (Å²) < 4.78 is 19.9. The quantitative estimate of drug-likeness (QED) is 0.464. The Labute approximate surface area is 163 Å². The first-order chi connectivity index (χ1) is 13.5. The Balaban J connectivity index is 2.14. The largest absolute Gasteiger partial charge is 0.507 e. The van der Waals surface area contributed by atoms with Gasteiger partial charge in [-0.15, -0.1) is 0 Å². The average Bonchev–Trinajstić information content (AvgIpc) is 2.94. The van der Waals surface area contributed by atoms with Gasteiger partial charge in [-0.1, -0.05) is 25.1 Å². The van der Waals surface area contributed by atoms with Gasteiger partial charge in [0.05, 0.1) is 18.2 Å². The Bertz CT molecular complexity index is 920. The number of likely N-dealkylation sites (tertiary alicyclic amines) is 1. The van der Waals surface area contributed by atoms with E-state index in [4.69, 9.17) is 4.74 Å². The van der Waals surface area contributed by atoms with E-state index in [0.29, 0.717) is 24.3 Å². The van der Waals surface area contributed by atoms with Crippen LogP contribution in [0.25, 0.3) is 5.76 Å². The Kier molecular flexibility index (Phi) is 5.78. The second kappa shape index (κ2) is 8.25. The number of carbonyl (C=O) groups excluding carboxylic acids is 2. The number of rotatable bonds is 6. The fraction of sp³-hybridized carbons (Fsp3) is 0.273. The highest BCUT2D eigenvalue weighted by Crippen LogP contribution is 2.40. The van der Waals surface area contributed by atoms with E-state index in [0.717, 1.165) is 0 Å². The van der Waals surface area contributed by atoms with Crippen LogP contribution in [0, 0.1) is 5.82 Å². The molecule has 0 radical (unpaired) electrons. The van der Waals surface area contributed by atoms with Crippen LogP contribution in [0.1, 0.15) is 37.4 Å².